The van der Waals surface area contributed by atoms with Crippen molar-refractivity contribution in [2.45, 2.75) is 38.8 Å². The third-order valence-corrected chi connectivity index (χ3v) is 8.48. The molecule has 38 heavy (non-hydrogen) atoms. The zero-order valence-electron chi connectivity index (χ0n) is 21.0. The minimum Gasteiger partial charge on any atom is -0.355 e. The van der Waals surface area contributed by atoms with Crippen molar-refractivity contribution in [3.05, 3.63) is 53.4 Å². The van der Waals surface area contributed by atoms with Crippen LogP contribution >= 0.6 is 0 Å². The van der Waals surface area contributed by atoms with E-state index >= 15 is 0 Å². The number of amides is 1. The third-order valence-electron chi connectivity index (χ3n) is 8.48. The lowest BCUT2D eigenvalue weighted by atomic mass is 9.79. The Balaban J connectivity index is 1.49. The van der Waals surface area contributed by atoms with Crippen molar-refractivity contribution in [1.29, 1.82) is 5.26 Å². The van der Waals surface area contributed by atoms with E-state index < -0.39 is 12.1 Å². The van der Waals surface area contributed by atoms with Crippen LogP contribution in [0.4, 0.5) is 19.0 Å². The predicted molar refractivity (Wildman–Crippen MR) is 136 cm³/mol. The molecule has 196 valence electrons. The molecule has 0 bridgehead atoms. The number of likely N-dealkylation sites (tertiary alicyclic amines) is 1. The molecule has 0 radical (unpaired) electrons. The number of benzene rings is 1. The van der Waals surface area contributed by atoms with Gasteiger partial charge in [-0.1, -0.05) is 12.6 Å². The first-order chi connectivity index (χ1) is 18.1. The number of aromatic amines is 1. The summed E-state index contributed by atoms with van der Waals surface area (Å²) in [6.07, 6.45) is -0.515. The maximum absolute atomic E-state index is 13.8. The molecule has 2 aliphatic heterocycles. The number of rotatable bonds is 3. The molecule has 1 N–H and O–H groups in total. The monoisotopic (exact) mass is 520 g/mol. The van der Waals surface area contributed by atoms with Gasteiger partial charge in [0.1, 0.15) is 17.5 Å². The van der Waals surface area contributed by atoms with Gasteiger partial charge in [0.2, 0.25) is 5.91 Å². The smallest absolute Gasteiger partial charge is 0.355 e. The number of hydrogen-bond donors (Lipinski definition) is 1. The van der Waals surface area contributed by atoms with Crippen LogP contribution in [0.5, 0.6) is 0 Å². The summed E-state index contributed by atoms with van der Waals surface area (Å²) in [5.74, 6) is -1.13. The Hall–Kier alpha value is -3.87. The van der Waals surface area contributed by atoms with Gasteiger partial charge >= 0.3 is 6.18 Å². The van der Waals surface area contributed by atoms with E-state index in [-0.39, 0.29) is 30.6 Å². The number of pyridine rings is 1. The third kappa shape index (κ3) is 3.75. The number of aryl methyl sites for hydroxylation is 1. The first kappa shape index (κ1) is 24.5. The summed E-state index contributed by atoms with van der Waals surface area (Å²) in [5.41, 5.74) is 4.63. The summed E-state index contributed by atoms with van der Waals surface area (Å²) in [6.45, 7) is 7.90. The summed E-state index contributed by atoms with van der Waals surface area (Å²) in [6, 6.07) is 6.23. The van der Waals surface area contributed by atoms with Gasteiger partial charge in [-0.15, -0.1) is 0 Å². The van der Waals surface area contributed by atoms with Crippen molar-refractivity contribution < 1.29 is 18.0 Å². The summed E-state index contributed by atoms with van der Waals surface area (Å²) in [4.78, 5) is 20.6. The molecule has 6 rings (SSSR count). The van der Waals surface area contributed by atoms with E-state index in [9.17, 15) is 23.2 Å². The number of hydrogen-bond acceptors (Lipinski definition) is 5. The molecule has 7 nitrogen and oxygen atoms in total. The molecule has 0 saturated carbocycles. The molecule has 10 heteroatoms. The minimum absolute atomic E-state index is 0.0319. The summed E-state index contributed by atoms with van der Waals surface area (Å²) >= 11 is 0. The summed E-state index contributed by atoms with van der Waals surface area (Å²) in [7, 11) is 0. The van der Waals surface area contributed by atoms with Gasteiger partial charge in [-0.05, 0) is 55.0 Å². The molecule has 3 aliphatic rings. The number of alkyl halides is 3. The van der Waals surface area contributed by atoms with Crippen LogP contribution in [-0.2, 0) is 17.6 Å². The zero-order valence-corrected chi connectivity index (χ0v) is 21.0. The number of carbonyl (C=O) groups excluding carboxylic acids is 1. The molecular weight excluding hydrogens is 493 g/mol. The highest BCUT2D eigenvalue weighted by molar-refractivity contribution is 5.99. The van der Waals surface area contributed by atoms with Gasteiger partial charge in [-0.25, -0.2) is 4.98 Å². The molecule has 1 aromatic carbocycles. The molecule has 1 spiro atoms. The average molecular weight is 521 g/mol. The van der Waals surface area contributed by atoms with Crippen molar-refractivity contribution in [1.82, 2.24) is 20.1 Å². The molecule has 3 aromatic rings. The van der Waals surface area contributed by atoms with Gasteiger partial charge in [-0.2, -0.15) is 23.5 Å². The van der Waals surface area contributed by atoms with Crippen molar-refractivity contribution in [3.8, 4) is 17.2 Å². The van der Waals surface area contributed by atoms with Crippen LogP contribution in [0.1, 0.15) is 35.2 Å². The fourth-order valence-corrected chi connectivity index (χ4v) is 6.52. The average Bonchev–Trinajstić information content (AvgIpc) is 3.53. The lowest BCUT2D eigenvalue weighted by Crippen LogP contribution is -2.59. The van der Waals surface area contributed by atoms with Gasteiger partial charge in [0.25, 0.3) is 0 Å². The normalized spacial score (nSPS) is 20.3. The molecule has 4 heterocycles. The molecule has 1 aliphatic carbocycles. The number of halogens is 3. The minimum atomic E-state index is -4.31. The van der Waals surface area contributed by atoms with E-state index in [0.717, 1.165) is 34.0 Å². The van der Waals surface area contributed by atoms with Gasteiger partial charge in [0.05, 0.1) is 17.6 Å². The van der Waals surface area contributed by atoms with Gasteiger partial charge in [-0.3, -0.25) is 9.89 Å². The number of fused-ring (bicyclic) bond motifs is 2. The second kappa shape index (κ2) is 8.58. The number of carbonyl (C=O) groups is 1. The second-order valence-electron chi connectivity index (χ2n) is 10.9. The Bertz CT molecular complexity index is 1510. The van der Waals surface area contributed by atoms with Crippen molar-refractivity contribution >= 4 is 22.6 Å². The van der Waals surface area contributed by atoms with Gasteiger partial charge < -0.3 is 9.80 Å². The van der Waals surface area contributed by atoms with E-state index in [1.165, 1.54) is 6.08 Å². The van der Waals surface area contributed by atoms with Crippen LogP contribution in [0.25, 0.3) is 22.0 Å². The Labute approximate surface area is 217 Å². The Morgan fingerprint density at radius 1 is 1.29 bits per heavy atom. The molecular formula is C28H27F3N6O. The van der Waals surface area contributed by atoms with E-state index in [2.05, 4.69) is 22.8 Å². The van der Waals surface area contributed by atoms with Crippen molar-refractivity contribution in [2.75, 3.05) is 31.1 Å². The zero-order chi connectivity index (χ0) is 26.8. The Morgan fingerprint density at radius 2 is 2.08 bits per heavy atom. The second-order valence-corrected chi connectivity index (χ2v) is 10.9. The van der Waals surface area contributed by atoms with Crippen LogP contribution in [0.15, 0.2) is 31.0 Å². The fraction of sp³-hybridized carbons (Fsp3) is 0.429. The topological polar surface area (TPSA) is 88.9 Å². The number of aromatic nitrogens is 3. The lowest BCUT2D eigenvalue weighted by Gasteiger charge is -2.47. The first-order valence-corrected chi connectivity index (χ1v) is 12.8. The van der Waals surface area contributed by atoms with Crippen LogP contribution in [-0.4, -0.2) is 58.3 Å². The molecule has 1 amide bonds. The largest absolute Gasteiger partial charge is 0.392 e. The van der Waals surface area contributed by atoms with E-state index in [1.54, 1.807) is 11.1 Å². The highest BCUT2D eigenvalue weighted by Gasteiger charge is 2.50. The highest BCUT2D eigenvalue weighted by atomic mass is 19.4. The number of nitriles is 1. The maximum atomic E-state index is 13.8. The van der Waals surface area contributed by atoms with Crippen molar-refractivity contribution in [3.63, 3.8) is 0 Å². The predicted octanol–water partition coefficient (Wildman–Crippen LogP) is 4.70. The highest BCUT2D eigenvalue weighted by Crippen LogP contribution is 2.47. The lowest BCUT2D eigenvalue weighted by molar-refractivity contribution is -0.177. The van der Waals surface area contributed by atoms with Crippen LogP contribution < -0.4 is 4.90 Å². The van der Waals surface area contributed by atoms with Gasteiger partial charge in [0.15, 0.2) is 0 Å². The van der Waals surface area contributed by atoms with Crippen molar-refractivity contribution in [2.24, 2.45) is 11.3 Å². The SMILES string of the molecule is C=CC(=O)N1CC2(CCN(c3nc4c(c(-c5c(C)ccc6[nH]ncc56)c3C#N)CC[C@@H](C(F)(F)F)C4)C2)C1. The van der Waals surface area contributed by atoms with Crippen LogP contribution in [0.3, 0.4) is 0 Å². The number of nitrogens with one attached hydrogen (secondary N) is 1. The number of anilines is 1. The summed E-state index contributed by atoms with van der Waals surface area (Å²) in [5, 5.41) is 18.5. The van der Waals surface area contributed by atoms with E-state index in [0.29, 0.717) is 48.8 Å². The molecule has 2 fully saturated rings. The molecule has 0 unspecified atom stereocenters. The first-order valence-electron chi connectivity index (χ1n) is 12.8. The maximum Gasteiger partial charge on any atom is 0.392 e. The van der Waals surface area contributed by atoms with Crippen LogP contribution in [0.2, 0.25) is 0 Å². The quantitative estimate of drug-likeness (QED) is 0.506. The number of nitrogens with zero attached hydrogens (tertiary/aromatic N) is 5. The summed E-state index contributed by atoms with van der Waals surface area (Å²) < 4.78 is 41.3. The number of H-pyrrole nitrogens is 1. The van der Waals surface area contributed by atoms with Crippen LogP contribution in [0, 0.1) is 29.6 Å². The fourth-order valence-electron chi connectivity index (χ4n) is 6.52. The van der Waals surface area contributed by atoms with Gasteiger partial charge in [0, 0.05) is 54.7 Å². The van der Waals surface area contributed by atoms with E-state index in [4.69, 9.17) is 4.98 Å². The standard InChI is InChI=1S/C28H27F3N6O/c1-3-23(38)37-14-27(15-37)8-9-36(13-27)26-19(11-32)25(24-16(2)4-7-21-20(24)12-33-35-21)18-6-5-17(28(29,30)31)10-22(18)34-26/h3-4,7,12,17H,1,5-6,8-10,13-15H2,2H3,(H,33,35)/t17-/m1/s1. The molecule has 1 atom stereocenters. The molecule has 2 aromatic heterocycles. The Morgan fingerprint density at radius 3 is 2.79 bits per heavy atom. The Kier molecular flexibility index (Phi) is 5.53. The molecule has 2 saturated heterocycles. The van der Waals surface area contributed by atoms with E-state index in [1.807, 2.05) is 24.0 Å².